The first kappa shape index (κ1) is 32.7. The monoisotopic (exact) mass is 670 g/mol. The molecule has 3 heterocycles. The Morgan fingerprint density at radius 1 is 0.438 bits per heavy atom. The minimum Gasteiger partial charge on any atom is -0.374 e. The molecule has 48 heavy (non-hydrogen) atoms. The minimum absolute atomic E-state index is 0.107. The molecule has 0 N–H and O–H groups in total. The van der Waals surface area contributed by atoms with Gasteiger partial charge in [-0.05, 0) is 46.5 Å². The maximum absolute atomic E-state index is 6.52. The predicted molar refractivity (Wildman–Crippen MR) is 198 cm³/mol. The number of benzene rings is 4. The topological polar surface area (TPSA) is 24.9 Å². The van der Waals surface area contributed by atoms with Crippen molar-refractivity contribution in [3.05, 3.63) is 187 Å². The molecule has 0 unspecified atom stereocenters. The van der Waals surface area contributed by atoms with Crippen LogP contribution in [-0.2, 0) is 48.9 Å². The summed E-state index contributed by atoms with van der Waals surface area (Å²) in [6.45, 7) is 5.78. The van der Waals surface area contributed by atoms with Crippen molar-refractivity contribution in [3.63, 3.8) is 0 Å². The summed E-state index contributed by atoms with van der Waals surface area (Å²) in [5.74, 6) is 0. The molecule has 0 amide bonds. The van der Waals surface area contributed by atoms with Crippen molar-refractivity contribution in [3.8, 4) is 0 Å². The summed E-state index contributed by atoms with van der Waals surface area (Å²) >= 11 is 3.71. The van der Waals surface area contributed by atoms with E-state index in [1.807, 2.05) is 11.3 Å². The normalized spacial score (nSPS) is 18.6. The van der Waals surface area contributed by atoms with Crippen LogP contribution in [0.3, 0.4) is 0 Å². The van der Waals surface area contributed by atoms with E-state index in [0.29, 0.717) is 26.4 Å². The smallest absolute Gasteiger partial charge is 0.0810 e. The van der Waals surface area contributed by atoms with E-state index >= 15 is 0 Å². The number of hydrogen-bond donors (Lipinski definition) is 0. The molecule has 1 aliphatic heterocycles. The number of nitrogens with zero attached hydrogens (tertiary/aromatic N) is 2. The van der Waals surface area contributed by atoms with Crippen LogP contribution in [0.4, 0.5) is 0 Å². The van der Waals surface area contributed by atoms with Crippen LogP contribution >= 0.6 is 22.7 Å². The summed E-state index contributed by atoms with van der Waals surface area (Å²) in [7, 11) is 0. The number of hydrogen-bond acceptors (Lipinski definition) is 6. The molecule has 2 aromatic heterocycles. The summed E-state index contributed by atoms with van der Waals surface area (Å²) in [5, 5.41) is 0. The highest BCUT2D eigenvalue weighted by Crippen LogP contribution is 2.32. The number of ether oxygens (including phenoxy) is 2. The Balaban J connectivity index is 1.25. The van der Waals surface area contributed by atoms with Crippen LogP contribution in [0.1, 0.15) is 53.8 Å². The van der Waals surface area contributed by atoms with Crippen LogP contribution in [0.15, 0.2) is 146 Å². The third-order valence-corrected chi connectivity index (χ3v) is 11.0. The van der Waals surface area contributed by atoms with Gasteiger partial charge in [0.15, 0.2) is 0 Å². The van der Waals surface area contributed by atoms with Crippen LogP contribution in [0.2, 0.25) is 0 Å². The predicted octanol–water partition coefficient (Wildman–Crippen LogP) is 10.0. The maximum Gasteiger partial charge on any atom is 0.0810 e. The lowest BCUT2D eigenvalue weighted by atomic mass is 10.0. The molecular weight excluding hydrogens is 629 g/mol. The molecule has 1 aliphatic rings. The van der Waals surface area contributed by atoms with E-state index in [9.17, 15) is 0 Å². The lowest BCUT2D eigenvalue weighted by Gasteiger charge is -2.32. The average molecular weight is 671 g/mol. The van der Waals surface area contributed by atoms with Gasteiger partial charge in [0.05, 0.1) is 38.5 Å². The molecule has 0 radical (unpaired) electrons. The first-order valence-electron chi connectivity index (χ1n) is 16.7. The number of rotatable bonds is 6. The molecule has 7 rings (SSSR count). The Morgan fingerprint density at radius 3 is 1.21 bits per heavy atom. The zero-order valence-corrected chi connectivity index (χ0v) is 28.8. The summed E-state index contributed by atoms with van der Waals surface area (Å²) in [4.78, 5) is 10.3. The average Bonchev–Trinajstić information content (AvgIpc) is 3.78. The van der Waals surface area contributed by atoms with Crippen molar-refractivity contribution in [2.24, 2.45) is 0 Å². The minimum atomic E-state index is 0.107. The van der Waals surface area contributed by atoms with Gasteiger partial charge in [-0.15, -0.1) is 22.7 Å². The van der Waals surface area contributed by atoms with Crippen LogP contribution in [-0.4, -0.2) is 23.0 Å². The van der Waals surface area contributed by atoms with Gasteiger partial charge in [-0.1, -0.05) is 121 Å². The molecule has 4 bridgehead atoms. The number of fused-ring (bicyclic) bond motifs is 4. The lowest BCUT2D eigenvalue weighted by Crippen LogP contribution is -2.31. The molecule has 0 saturated heterocycles. The fraction of sp³-hybridized carbons (Fsp3) is 0.238. The molecule has 4 aromatic carbocycles. The summed E-state index contributed by atoms with van der Waals surface area (Å²) in [6.07, 6.45) is 0. The van der Waals surface area contributed by atoms with Crippen molar-refractivity contribution in [1.82, 2.24) is 9.80 Å². The van der Waals surface area contributed by atoms with Gasteiger partial charge < -0.3 is 9.47 Å². The molecular formula is C42H42N2O2S2. The SMILES string of the molecule is c1ccc(CN2Cc3ccc(s3)CN(Cc3ccccc3)[C@H](c3ccccc3)COCc3ccc(s3)COC[C@H]2c2ccccc2)cc1. The van der Waals surface area contributed by atoms with E-state index in [0.717, 1.165) is 26.2 Å². The van der Waals surface area contributed by atoms with Crippen molar-refractivity contribution in [1.29, 1.82) is 0 Å². The Hall–Kier alpha value is -3.88. The summed E-state index contributed by atoms with van der Waals surface area (Å²) in [6, 6.07) is 52.6. The van der Waals surface area contributed by atoms with Gasteiger partial charge >= 0.3 is 0 Å². The van der Waals surface area contributed by atoms with Crippen molar-refractivity contribution >= 4 is 22.7 Å². The zero-order chi connectivity index (χ0) is 32.4. The Morgan fingerprint density at radius 2 is 0.792 bits per heavy atom. The molecule has 0 fully saturated rings. The second-order valence-electron chi connectivity index (χ2n) is 12.4. The molecule has 0 spiro atoms. The molecule has 4 nitrogen and oxygen atoms in total. The Labute approximate surface area is 292 Å². The van der Waals surface area contributed by atoms with Gasteiger partial charge in [0.2, 0.25) is 0 Å². The Bertz CT molecular complexity index is 1680. The molecule has 2 atom stereocenters. The highest BCUT2D eigenvalue weighted by Gasteiger charge is 2.25. The highest BCUT2D eigenvalue weighted by atomic mass is 32.1. The molecule has 0 aliphatic carbocycles. The molecule has 6 aromatic rings. The van der Waals surface area contributed by atoms with Crippen molar-refractivity contribution in [2.75, 3.05) is 13.2 Å². The number of thiophene rings is 2. The largest absolute Gasteiger partial charge is 0.374 e. The van der Waals surface area contributed by atoms with E-state index < -0.39 is 0 Å². The van der Waals surface area contributed by atoms with Crippen molar-refractivity contribution < 1.29 is 9.47 Å². The molecule has 244 valence electrons. The Kier molecular flexibility index (Phi) is 11.2. The maximum atomic E-state index is 6.52. The van der Waals surface area contributed by atoms with Crippen LogP contribution in [0.25, 0.3) is 0 Å². The van der Waals surface area contributed by atoms with Gasteiger partial charge in [-0.2, -0.15) is 0 Å². The van der Waals surface area contributed by atoms with E-state index in [1.54, 1.807) is 11.3 Å². The van der Waals surface area contributed by atoms with Gasteiger partial charge in [0, 0.05) is 45.7 Å². The van der Waals surface area contributed by atoms with Crippen LogP contribution in [0, 0.1) is 0 Å². The standard InChI is InChI=1S/C42H42N2O2S2/c1-5-13-33(14-6-1)25-43-27-37-21-22-38(47-37)28-44(26-34-15-7-2-8-16-34)42(36-19-11-4-12-20-36)32-46-30-40-24-23-39(48-40)29-45-31-41(43)35-17-9-3-10-18-35/h1-24,41-42H,25-32H2/t41-,42-/m0/s1. The molecule has 0 saturated carbocycles. The zero-order valence-electron chi connectivity index (χ0n) is 27.2. The van der Waals surface area contributed by atoms with Gasteiger partial charge in [0.1, 0.15) is 0 Å². The van der Waals surface area contributed by atoms with E-state index in [-0.39, 0.29) is 12.1 Å². The van der Waals surface area contributed by atoms with E-state index in [1.165, 1.54) is 41.8 Å². The third-order valence-electron chi connectivity index (χ3n) is 8.90. The van der Waals surface area contributed by atoms with Gasteiger partial charge in [-0.3, -0.25) is 9.80 Å². The fourth-order valence-corrected chi connectivity index (χ4v) is 8.44. The molecule has 6 heteroatoms. The third kappa shape index (κ3) is 8.77. The quantitative estimate of drug-likeness (QED) is 0.176. The lowest BCUT2D eigenvalue weighted by molar-refractivity contribution is 0.0431. The second kappa shape index (κ2) is 16.5. The second-order valence-corrected chi connectivity index (χ2v) is 14.9. The van der Waals surface area contributed by atoms with E-state index in [4.69, 9.17) is 9.47 Å². The summed E-state index contributed by atoms with van der Waals surface area (Å²) in [5.41, 5.74) is 5.17. The van der Waals surface area contributed by atoms with Crippen LogP contribution in [0.5, 0.6) is 0 Å². The van der Waals surface area contributed by atoms with Gasteiger partial charge in [-0.25, -0.2) is 0 Å². The van der Waals surface area contributed by atoms with Crippen molar-refractivity contribution in [2.45, 2.75) is 51.5 Å². The fourth-order valence-electron chi connectivity index (χ4n) is 6.48. The first-order chi connectivity index (χ1) is 23.8. The summed E-state index contributed by atoms with van der Waals surface area (Å²) < 4.78 is 13.0. The highest BCUT2D eigenvalue weighted by molar-refractivity contribution is 7.12. The first-order valence-corrected chi connectivity index (χ1v) is 18.4. The van der Waals surface area contributed by atoms with Gasteiger partial charge in [0.25, 0.3) is 0 Å². The van der Waals surface area contributed by atoms with E-state index in [2.05, 4.69) is 155 Å². The van der Waals surface area contributed by atoms with Crippen LogP contribution < -0.4 is 0 Å².